The Balaban J connectivity index is 2.10. The molecule has 0 aromatic heterocycles. The van der Waals surface area contributed by atoms with Crippen LogP contribution in [0.1, 0.15) is 18.6 Å². The Morgan fingerprint density at radius 3 is 2.33 bits per heavy atom. The van der Waals surface area contributed by atoms with E-state index < -0.39 is 0 Å². The number of ether oxygens (including phenoxy) is 3. The van der Waals surface area contributed by atoms with Gasteiger partial charge in [-0.2, -0.15) is 0 Å². The Hall–Kier alpha value is -2.20. The van der Waals surface area contributed by atoms with Crippen LogP contribution in [0.5, 0.6) is 17.2 Å². The van der Waals surface area contributed by atoms with Gasteiger partial charge in [0.2, 0.25) is 0 Å². The molecule has 112 valence electrons. The molecule has 2 aromatic rings. The van der Waals surface area contributed by atoms with E-state index in [-0.39, 0.29) is 6.10 Å². The smallest absolute Gasteiger partial charge is 0.136 e. The summed E-state index contributed by atoms with van der Waals surface area (Å²) in [4.78, 5) is 0. The summed E-state index contributed by atoms with van der Waals surface area (Å²) in [5.74, 6) is 2.38. The lowest BCUT2D eigenvalue weighted by atomic mass is 10.1. The molecule has 0 amide bonds. The van der Waals surface area contributed by atoms with Gasteiger partial charge in [0.05, 0.1) is 13.7 Å². The van der Waals surface area contributed by atoms with Crippen LogP contribution in [0, 0.1) is 0 Å². The molecular weight excluding hydrogens is 266 g/mol. The SMILES string of the molecule is CCOc1ccc(OC(CN)c2cccc(OC)c2)cc1. The number of nitrogens with two attached hydrogens (primary N) is 1. The quantitative estimate of drug-likeness (QED) is 0.850. The summed E-state index contributed by atoms with van der Waals surface area (Å²) in [6.45, 7) is 2.99. The Kier molecular flexibility index (Phi) is 5.46. The lowest BCUT2D eigenvalue weighted by Gasteiger charge is -2.18. The highest BCUT2D eigenvalue weighted by molar-refractivity contribution is 5.34. The van der Waals surface area contributed by atoms with Crippen LogP contribution in [0.2, 0.25) is 0 Å². The number of hydrogen-bond acceptors (Lipinski definition) is 4. The lowest BCUT2D eigenvalue weighted by Crippen LogP contribution is -2.18. The first-order chi connectivity index (χ1) is 10.3. The molecule has 1 unspecified atom stereocenters. The van der Waals surface area contributed by atoms with Crippen molar-refractivity contribution < 1.29 is 14.2 Å². The van der Waals surface area contributed by atoms with Crippen LogP contribution in [-0.2, 0) is 0 Å². The van der Waals surface area contributed by atoms with Crippen molar-refractivity contribution in [3.05, 3.63) is 54.1 Å². The number of rotatable bonds is 7. The second kappa shape index (κ2) is 7.55. The van der Waals surface area contributed by atoms with Crippen LogP contribution >= 0.6 is 0 Å². The van der Waals surface area contributed by atoms with Gasteiger partial charge in [-0.15, -0.1) is 0 Å². The first-order valence-corrected chi connectivity index (χ1v) is 7.00. The van der Waals surface area contributed by atoms with E-state index in [4.69, 9.17) is 19.9 Å². The maximum absolute atomic E-state index is 5.95. The molecule has 0 aliphatic rings. The highest BCUT2D eigenvalue weighted by Gasteiger charge is 2.12. The molecule has 2 N–H and O–H groups in total. The van der Waals surface area contributed by atoms with E-state index >= 15 is 0 Å². The minimum atomic E-state index is -0.210. The van der Waals surface area contributed by atoms with Crippen molar-refractivity contribution in [2.24, 2.45) is 5.73 Å². The molecule has 0 saturated heterocycles. The second-order valence-electron chi connectivity index (χ2n) is 4.52. The third-order valence-corrected chi connectivity index (χ3v) is 3.09. The first-order valence-electron chi connectivity index (χ1n) is 7.00. The summed E-state index contributed by atoms with van der Waals surface area (Å²) >= 11 is 0. The fourth-order valence-electron chi connectivity index (χ4n) is 2.04. The molecular formula is C17H21NO3. The molecule has 1 atom stereocenters. The lowest BCUT2D eigenvalue weighted by molar-refractivity contribution is 0.213. The maximum Gasteiger partial charge on any atom is 0.136 e. The zero-order valence-corrected chi connectivity index (χ0v) is 12.4. The Morgan fingerprint density at radius 1 is 1.00 bits per heavy atom. The molecule has 0 heterocycles. The van der Waals surface area contributed by atoms with E-state index in [9.17, 15) is 0 Å². The molecule has 0 saturated carbocycles. The Labute approximate surface area is 125 Å². The van der Waals surface area contributed by atoms with Crippen molar-refractivity contribution in [3.8, 4) is 17.2 Å². The van der Waals surface area contributed by atoms with Gasteiger partial charge in [-0.1, -0.05) is 12.1 Å². The molecule has 21 heavy (non-hydrogen) atoms. The number of methoxy groups -OCH3 is 1. The van der Waals surface area contributed by atoms with Crippen molar-refractivity contribution in [2.75, 3.05) is 20.3 Å². The van der Waals surface area contributed by atoms with Gasteiger partial charge in [-0.05, 0) is 48.9 Å². The monoisotopic (exact) mass is 287 g/mol. The van der Waals surface area contributed by atoms with Crippen molar-refractivity contribution >= 4 is 0 Å². The number of hydrogen-bond donors (Lipinski definition) is 1. The van der Waals surface area contributed by atoms with Crippen molar-refractivity contribution in [1.82, 2.24) is 0 Å². The zero-order valence-electron chi connectivity index (χ0n) is 12.4. The van der Waals surface area contributed by atoms with Crippen LogP contribution < -0.4 is 19.9 Å². The standard InChI is InChI=1S/C17H21NO3/c1-3-20-14-7-9-15(10-8-14)21-17(12-18)13-5-4-6-16(11-13)19-2/h4-11,17H,3,12,18H2,1-2H3. The van der Waals surface area contributed by atoms with Gasteiger partial charge < -0.3 is 19.9 Å². The highest BCUT2D eigenvalue weighted by atomic mass is 16.5. The van der Waals surface area contributed by atoms with E-state index in [1.807, 2.05) is 55.5 Å². The van der Waals surface area contributed by atoms with E-state index in [2.05, 4.69) is 0 Å². The molecule has 4 nitrogen and oxygen atoms in total. The van der Waals surface area contributed by atoms with E-state index in [0.29, 0.717) is 13.2 Å². The molecule has 2 aromatic carbocycles. The fourth-order valence-corrected chi connectivity index (χ4v) is 2.04. The second-order valence-corrected chi connectivity index (χ2v) is 4.52. The van der Waals surface area contributed by atoms with Gasteiger partial charge in [0.15, 0.2) is 0 Å². The van der Waals surface area contributed by atoms with E-state index in [0.717, 1.165) is 22.8 Å². The highest BCUT2D eigenvalue weighted by Crippen LogP contribution is 2.25. The summed E-state index contributed by atoms with van der Waals surface area (Å²) in [6, 6.07) is 15.3. The van der Waals surface area contributed by atoms with Crippen molar-refractivity contribution in [3.63, 3.8) is 0 Å². The van der Waals surface area contributed by atoms with Crippen molar-refractivity contribution in [1.29, 1.82) is 0 Å². The Morgan fingerprint density at radius 2 is 1.71 bits per heavy atom. The van der Waals surface area contributed by atoms with E-state index in [1.54, 1.807) is 7.11 Å². The van der Waals surface area contributed by atoms with Gasteiger partial charge in [-0.25, -0.2) is 0 Å². The molecule has 0 radical (unpaired) electrons. The molecule has 4 heteroatoms. The Bertz CT molecular complexity index is 554. The molecule has 0 spiro atoms. The predicted molar refractivity (Wildman–Crippen MR) is 83.0 cm³/mol. The van der Waals surface area contributed by atoms with Crippen molar-refractivity contribution in [2.45, 2.75) is 13.0 Å². The van der Waals surface area contributed by atoms with Gasteiger partial charge in [0, 0.05) is 6.54 Å². The van der Waals surface area contributed by atoms with Crippen LogP contribution in [0.4, 0.5) is 0 Å². The minimum absolute atomic E-state index is 0.210. The van der Waals surface area contributed by atoms with E-state index in [1.165, 1.54) is 0 Å². The topological polar surface area (TPSA) is 53.7 Å². The number of benzene rings is 2. The predicted octanol–water partition coefficient (Wildman–Crippen LogP) is 3.17. The minimum Gasteiger partial charge on any atom is -0.497 e. The van der Waals surface area contributed by atoms with Gasteiger partial charge in [0.25, 0.3) is 0 Å². The van der Waals surface area contributed by atoms with Gasteiger partial charge in [-0.3, -0.25) is 0 Å². The third kappa shape index (κ3) is 4.13. The van der Waals surface area contributed by atoms with Crippen LogP contribution in [0.25, 0.3) is 0 Å². The van der Waals surface area contributed by atoms with Crippen LogP contribution in [-0.4, -0.2) is 20.3 Å². The van der Waals surface area contributed by atoms with Gasteiger partial charge >= 0.3 is 0 Å². The molecule has 2 rings (SSSR count). The van der Waals surface area contributed by atoms with Crippen LogP contribution in [0.15, 0.2) is 48.5 Å². The summed E-state index contributed by atoms with van der Waals surface area (Å²) in [5.41, 5.74) is 6.82. The average molecular weight is 287 g/mol. The zero-order chi connectivity index (χ0) is 15.1. The summed E-state index contributed by atoms with van der Waals surface area (Å²) < 4.78 is 16.6. The first kappa shape index (κ1) is 15.2. The third-order valence-electron chi connectivity index (χ3n) is 3.09. The summed E-state index contributed by atoms with van der Waals surface area (Å²) in [5, 5.41) is 0. The van der Waals surface area contributed by atoms with Gasteiger partial charge in [0.1, 0.15) is 23.4 Å². The van der Waals surface area contributed by atoms with Crippen LogP contribution in [0.3, 0.4) is 0 Å². The molecule has 0 aliphatic heterocycles. The average Bonchev–Trinajstić information content (AvgIpc) is 2.54. The molecule has 0 bridgehead atoms. The fraction of sp³-hybridized carbons (Fsp3) is 0.294. The molecule has 0 fully saturated rings. The summed E-state index contributed by atoms with van der Waals surface area (Å²) in [7, 11) is 1.64. The summed E-state index contributed by atoms with van der Waals surface area (Å²) in [6.07, 6.45) is -0.210. The maximum atomic E-state index is 5.95. The normalized spacial score (nSPS) is 11.8. The molecule has 0 aliphatic carbocycles. The largest absolute Gasteiger partial charge is 0.497 e.